The van der Waals surface area contributed by atoms with Crippen molar-refractivity contribution in [1.29, 1.82) is 0 Å². The molecule has 0 aromatic heterocycles. The summed E-state index contributed by atoms with van der Waals surface area (Å²) < 4.78 is 7.41. The maximum absolute atomic E-state index is 12.4. The predicted molar refractivity (Wildman–Crippen MR) is 104 cm³/mol. The third kappa shape index (κ3) is 13.3. The van der Waals surface area contributed by atoms with Crippen LogP contribution in [0.2, 0.25) is 0 Å². The molecule has 0 saturated carbocycles. The van der Waals surface area contributed by atoms with Crippen LogP contribution < -0.4 is 5.11 Å². The lowest BCUT2D eigenvalue weighted by molar-refractivity contribution is -0.875. The van der Waals surface area contributed by atoms with Gasteiger partial charge >= 0.3 is 0 Å². The number of Topliss-reactive ketones (excluding diaryl/α,β-unsaturated/α-hetero) is 1. The smallest absolute Gasteiger partial charge is 0.177 e. The molecule has 0 bridgehead atoms. The van der Waals surface area contributed by atoms with E-state index in [0.717, 1.165) is 25.7 Å². The fraction of sp³-hybridized carbons (Fsp3) is 0.905. The Bertz CT molecular complexity index is 423. The van der Waals surface area contributed by atoms with Crippen LogP contribution in [0.25, 0.3) is 0 Å². The fourth-order valence-corrected chi connectivity index (χ4v) is 3.38. The van der Waals surface area contributed by atoms with Gasteiger partial charge < -0.3 is 19.5 Å². The molecule has 0 heterocycles. The summed E-state index contributed by atoms with van der Waals surface area (Å²) in [6.45, 7) is 0.615. The van der Waals surface area contributed by atoms with E-state index in [0.29, 0.717) is 17.8 Å². The highest BCUT2D eigenvalue weighted by atomic mass is 16.4. The minimum absolute atomic E-state index is 0.0710. The Morgan fingerprint density at radius 3 is 1.81 bits per heavy atom. The molecule has 5 heteroatoms. The van der Waals surface area contributed by atoms with Crippen LogP contribution in [0.1, 0.15) is 91.7 Å². The van der Waals surface area contributed by atoms with Crippen LogP contribution >= 0.6 is 0 Å². The first-order valence-corrected chi connectivity index (χ1v) is 10.2. The third-order valence-electron chi connectivity index (χ3n) is 4.60. The van der Waals surface area contributed by atoms with Gasteiger partial charge in [-0.1, -0.05) is 71.1 Å². The first-order chi connectivity index (χ1) is 12.6. The Morgan fingerprint density at radius 2 is 1.38 bits per heavy atom. The summed E-state index contributed by atoms with van der Waals surface area (Å²) in [5, 5.41) is 21.5. The Morgan fingerprint density at radius 1 is 0.923 bits per heavy atom. The van der Waals surface area contributed by atoms with Crippen LogP contribution in [0.5, 0.6) is 0 Å². The number of aliphatic hydroxyl groups is 1. The number of likely N-dealkylation sites (N-methyl/N-ethyl adjacent to an activating group) is 1. The zero-order valence-electron chi connectivity index (χ0n) is 18.2. The van der Waals surface area contributed by atoms with Crippen molar-refractivity contribution in [3.63, 3.8) is 0 Å². The number of hydrogen-bond acceptors (Lipinski definition) is 4. The van der Waals surface area contributed by atoms with E-state index in [1.807, 2.05) is 21.1 Å². The number of carbonyl (C=O) groups excluding carboxylic acids is 2. The zero-order valence-corrected chi connectivity index (χ0v) is 17.2. The van der Waals surface area contributed by atoms with E-state index in [9.17, 15) is 19.8 Å². The van der Waals surface area contributed by atoms with Crippen molar-refractivity contribution in [3.05, 3.63) is 0 Å². The number of ketones is 1. The van der Waals surface area contributed by atoms with Crippen LogP contribution in [-0.2, 0) is 9.59 Å². The third-order valence-corrected chi connectivity index (χ3v) is 4.60. The molecule has 0 aliphatic rings. The van der Waals surface area contributed by atoms with E-state index in [-0.39, 0.29) is 18.7 Å². The number of carboxylic acid groups (broad SMARTS) is 1. The van der Waals surface area contributed by atoms with E-state index in [1.165, 1.54) is 38.5 Å². The molecule has 5 nitrogen and oxygen atoms in total. The maximum atomic E-state index is 12.4. The van der Waals surface area contributed by atoms with Gasteiger partial charge in [-0.05, 0) is 6.42 Å². The molecule has 0 aliphatic carbocycles. The van der Waals surface area contributed by atoms with Gasteiger partial charge in [0.2, 0.25) is 0 Å². The van der Waals surface area contributed by atoms with Gasteiger partial charge in [0.25, 0.3) is 0 Å². The monoisotopic (exact) mass is 372 g/mol. The van der Waals surface area contributed by atoms with E-state index in [2.05, 4.69) is 0 Å². The first-order valence-electron chi connectivity index (χ1n) is 10.9. The second kappa shape index (κ2) is 13.3. The van der Waals surface area contributed by atoms with Crippen LogP contribution in [0.15, 0.2) is 0 Å². The lowest BCUT2D eigenvalue weighted by Gasteiger charge is -2.34. The largest absolute Gasteiger partial charge is 0.550 e. The van der Waals surface area contributed by atoms with Crippen LogP contribution in [0.4, 0.5) is 0 Å². The van der Waals surface area contributed by atoms with Crippen molar-refractivity contribution in [2.45, 2.75) is 96.0 Å². The second-order valence-corrected chi connectivity index (χ2v) is 8.59. The summed E-state index contributed by atoms with van der Waals surface area (Å²) in [4.78, 5) is 23.3. The Kier molecular flexibility index (Phi) is 11.8. The molecule has 0 aromatic carbocycles. The van der Waals surface area contributed by atoms with Crippen LogP contribution in [-0.4, -0.2) is 54.6 Å². The molecule has 0 unspecified atom stereocenters. The lowest BCUT2D eigenvalue weighted by Crippen LogP contribution is -2.56. The topological polar surface area (TPSA) is 77.4 Å². The molecule has 0 fully saturated rings. The summed E-state index contributed by atoms with van der Waals surface area (Å²) in [5.74, 6) is -1.77. The van der Waals surface area contributed by atoms with Crippen molar-refractivity contribution in [2.75, 3.05) is 27.7 Å². The average molecular weight is 373 g/mol. The molecule has 26 heavy (non-hydrogen) atoms. The molecule has 154 valence electrons. The van der Waals surface area contributed by atoms with Crippen LogP contribution in [0.3, 0.4) is 0 Å². The molecule has 0 rings (SSSR count). The van der Waals surface area contributed by atoms with Crippen molar-refractivity contribution in [2.24, 2.45) is 0 Å². The first kappa shape index (κ1) is 23.1. The van der Waals surface area contributed by atoms with Crippen molar-refractivity contribution >= 4 is 11.8 Å². The summed E-state index contributed by atoms with van der Waals surface area (Å²) in [6.07, 6.45) is 11.9. The highest BCUT2D eigenvalue weighted by Crippen LogP contribution is 2.20. The molecule has 0 radical (unpaired) electrons. The molecule has 0 amide bonds. The fourth-order valence-electron chi connectivity index (χ4n) is 3.38. The quantitative estimate of drug-likeness (QED) is 0.315. The molecule has 1 atom stereocenters. The summed E-state index contributed by atoms with van der Waals surface area (Å²) in [5.41, 5.74) is -1.84. The molecular formula is C21H41NO4. The maximum Gasteiger partial charge on any atom is 0.177 e. The molecular weight excluding hydrogens is 330 g/mol. The minimum Gasteiger partial charge on any atom is -0.550 e. The van der Waals surface area contributed by atoms with E-state index < -0.39 is 18.0 Å². The van der Waals surface area contributed by atoms with E-state index >= 15 is 0 Å². The summed E-state index contributed by atoms with van der Waals surface area (Å²) in [7, 11) is 5.47. The highest BCUT2D eigenvalue weighted by Gasteiger charge is 2.40. The number of quaternary nitrogens is 1. The second-order valence-electron chi connectivity index (χ2n) is 8.59. The number of hydrogen-bond donors (Lipinski definition) is 1. The SMILES string of the molecule is [2H]CCCCCCCCCCCCCC(=O)[C@@](O)(CC(=O)[O-])C[N+](C)(C)C. The Balaban J connectivity index is 3.91. The van der Waals surface area contributed by atoms with E-state index in [4.69, 9.17) is 1.37 Å². The van der Waals surface area contributed by atoms with Gasteiger partial charge in [-0.2, -0.15) is 0 Å². The van der Waals surface area contributed by atoms with Gasteiger partial charge in [0.05, 0.1) is 21.1 Å². The summed E-state index contributed by atoms with van der Waals surface area (Å²) in [6, 6.07) is 0. The van der Waals surface area contributed by atoms with Gasteiger partial charge in [-0.25, -0.2) is 0 Å². The number of aliphatic carboxylic acids is 1. The average Bonchev–Trinajstić information content (AvgIpc) is 2.53. The number of rotatable bonds is 17. The van der Waals surface area contributed by atoms with Gasteiger partial charge in [-0.3, -0.25) is 4.79 Å². The zero-order chi connectivity index (χ0) is 20.8. The minimum atomic E-state index is -1.84. The van der Waals surface area contributed by atoms with Crippen molar-refractivity contribution in [3.8, 4) is 0 Å². The Hall–Kier alpha value is -0.940. The molecule has 1 N–H and O–H groups in total. The highest BCUT2D eigenvalue weighted by molar-refractivity contribution is 5.90. The predicted octanol–water partition coefficient (Wildman–Crippen LogP) is 2.83. The number of carboxylic acids is 1. The van der Waals surface area contributed by atoms with Gasteiger partial charge in [0, 0.05) is 20.2 Å². The standard InChI is InChI=1S/C21H41NO4/c1-5-6-7-8-9-10-11-12-13-14-15-16-19(23)21(26,17-20(24)25)18-22(2,3)4/h26H,5-18H2,1-4H3/t21-/m1/s1/i1D. The normalized spacial score (nSPS) is 14.7. The molecule has 0 saturated heterocycles. The van der Waals surface area contributed by atoms with Gasteiger partial charge in [0.1, 0.15) is 6.54 Å². The van der Waals surface area contributed by atoms with Crippen LogP contribution in [0, 0.1) is 0 Å². The van der Waals surface area contributed by atoms with Crippen molar-refractivity contribution in [1.82, 2.24) is 0 Å². The van der Waals surface area contributed by atoms with Gasteiger partial charge in [0.15, 0.2) is 11.4 Å². The molecule has 0 aliphatic heterocycles. The number of carbonyl (C=O) groups is 2. The summed E-state index contributed by atoms with van der Waals surface area (Å²) >= 11 is 0. The van der Waals surface area contributed by atoms with Crippen molar-refractivity contribution < 1.29 is 25.7 Å². The number of unbranched alkanes of at least 4 members (excludes halogenated alkanes) is 10. The molecule has 0 aromatic rings. The molecule has 0 spiro atoms. The van der Waals surface area contributed by atoms with E-state index in [1.54, 1.807) is 0 Å². The van der Waals surface area contributed by atoms with Gasteiger partial charge in [-0.15, -0.1) is 0 Å². The number of nitrogens with zero attached hydrogens (tertiary/aromatic N) is 1. The Labute approximate surface area is 161 Å². The lowest BCUT2D eigenvalue weighted by atomic mass is 9.89.